The number of nitro groups is 1. The van der Waals surface area contributed by atoms with Crippen LogP contribution in [0, 0.1) is 16.0 Å². The summed E-state index contributed by atoms with van der Waals surface area (Å²) in [5, 5.41) is 14.5. The molecule has 0 spiro atoms. The summed E-state index contributed by atoms with van der Waals surface area (Å²) in [5.41, 5.74) is 1.25. The minimum atomic E-state index is -4.83. The zero-order valence-corrected chi connectivity index (χ0v) is 19.3. The molecule has 1 aromatic heterocycles. The van der Waals surface area contributed by atoms with Crippen molar-refractivity contribution >= 4 is 23.0 Å². The molecule has 0 aliphatic carbocycles. The first kappa shape index (κ1) is 24.3. The van der Waals surface area contributed by atoms with E-state index in [4.69, 9.17) is 0 Å². The van der Waals surface area contributed by atoms with Gasteiger partial charge in [0.1, 0.15) is 11.4 Å². The SMILES string of the molecule is O=C(Nc1ccc(OC(F)(F)F)cc1)c1ccc(N2C[C@H]3C[C@@H](C2)c2cccc(=O)n2C3)c([N+](=O)[O-])c1. The molecule has 2 bridgehead atoms. The Morgan fingerprint density at radius 1 is 1.05 bits per heavy atom. The molecule has 192 valence electrons. The van der Waals surface area contributed by atoms with Crippen LogP contribution in [0.25, 0.3) is 0 Å². The van der Waals surface area contributed by atoms with E-state index in [9.17, 15) is 32.9 Å². The van der Waals surface area contributed by atoms with E-state index < -0.39 is 22.9 Å². The van der Waals surface area contributed by atoms with E-state index in [0.717, 1.165) is 24.2 Å². The number of alkyl halides is 3. The molecule has 3 heterocycles. The monoisotopic (exact) mass is 514 g/mol. The molecule has 3 aromatic rings. The Balaban J connectivity index is 1.35. The van der Waals surface area contributed by atoms with Crippen LogP contribution >= 0.6 is 0 Å². The maximum absolute atomic E-state index is 12.7. The molecule has 9 nitrogen and oxygen atoms in total. The number of nitrogens with one attached hydrogen (secondary N) is 1. The zero-order chi connectivity index (χ0) is 26.3. The number of hydrogen-bond donors (Lipinski definition) is 1. The van der Waals surface area contributed by atoms with Crippen LogP contribution in [0.15, 0.2) is 65.5 Å². The minimum absolute atomic E-state index is 0.0279. The van der Waals surface area contributed by atoms with Gasteiger partial charge in [-0.3, -0.25) is 19.7 Å². The lowest BCUT2D eigenvalue weighted by atomic mass is 9.83. The highest BCUT2D eigenvalue weighted by molar-refractivity contribution is 6.05. The van der Waals surface area contributed by atoms with Crippen molar-refractivity contribution < 1.29 is 27.6 Å². The van der Waals surface area contributed by atoms with E-state index in [2.05, 4.69) is 10.1 Å². The van der Waals surface area contributed by atoms with E-state index in [1.54, 1.807) is 10.6 Å². The van der Waals surface area contributed by atoms with Crippen LogP contribution in [-0.2, 0) is 6.54 Å². The predicted octanol–water partition coefficient (Wildman–Crippen LogP) is 4.53. The van der Waals surface area contributed by atoms with E-state index >= 15 is 0 Å². The van der Waals surface area contributed by atoms with E-state index in [1.165, 1.54) is 36.4 Å². The molecule has 0 saturated carbocycles. The Bertz CT molecular complexity index is 1420. The number of amides is 1. The fraction of sp³-hybridized carbons (Fsp3) is 0.280. The van der Waals surface area contributed by atoms with Crippen LogP contribution in [0.4, 0.5) is 30.2 Å². The molecule has 0 unspecified atom stereocenters. The normalized spacial score (nSPS) is 18.6. The van der Waals surface area contributed by atoms with Crippen LogP contribution in [0.3, 0.4) is 0 Å². The third kappa shape index (κ3) is 5.13. The Morgan fingerprint density at radius 2 is 1.81 bits per heavy atom. The summed E-state index contributed by atoms with van der Waals surface area (Å²) >= 11 is 0. The maximum atomic E-state index is 12.7. The number of carbonyl (C=O) groups excluding carboxylic acids is 1. The fourth-order valence-electron chi connectivity index (χ4n) is 5.11. The number of carbonyl (C=O) groups is 1. The smallest absolute Gasteiger partial charge is 0.406 e. The first-order chi connectivity index (χ1) is 17.6. The lowest BCUT2D eigenvalue weighted by molar-refractivity contribution is -0.384. The summed E-state index contributed by atoms with van der Waals surface area (Å²) in [6.45, 7) is 1.58. The number of fused-ring (bicyclic) bond motifs is 4. The Kier molecular flexibility index (Phi) is 6.10. The average Bonchev–Trinajstić information content (AvgIpc) is 2.84. The number of halogens is 3. The molecule has 1 saturated heterocycles. The quantitative estimate of drug-likeness (QED) is 0.396. The van der Waals surface area contributed by atoms with Crippen LogP contribution in [0.2, 0.25) is 0 Å². The first-order valence-corrected chi connectivity index (χ1v) is 11.5. The number of anilines is 2. The topological polar surface area (TPSA) is 107 Å². The summed E-state index contributed by atoms with van der Waals surface area (Å²) in [6, 6.07) is 13.9. The number of benzene rings is 2. The highest BCUT2D eigenvalue weighted by Crippen LogP contribution is 2.40. The molecular formula is C25H21F3N4O5. The minimum Gasteiger partial charge on any atom is -0.406 e. The number of nitro benzene ring substituents is 1. The van der Waals surface area contributed by atoms with Crippen molar-refractivity contribution in [3.8, 4) is 5.75 Å². The predicted molar refractivity (Wildman–Crippen MR) is 128 cm³/mol. The van der Waals surface area contributed by atoms with Crippen molar-refractivity contribution in [2.24, 2.45) is 5.92 Å². The van der Waals surface area contributed by atoms with Crippen LogP contribution in [0.5, 0.6) is 5.75 Å². The Hall–Kier alpha value is -4.35. The average molecular weight is 514 g/mol. The van der Waals surface area contributed by atoms with E-state index in [-0.39, 0.29) is 34.3 Å². The molecule has 2 aromatic carbocycles. The van der Waals surface area contributed by atoms with Gasteiger partial charge in [0.2, 0.25) is 0 Å². The van der Waals surface area contributed by atoms with Crippen LogP contribution in [-0.4, -0.2) is 34.8 Å². The van der Waals surface area contributed by atoms with Crippen molar-refractivity contribution in [1.29, 1.82) is 0 Å². The second-order valence-electron chi connectivity index (χ2n) is 9.09. The van der Waals surface area contributed by atoms with Gasteiger partial charge in [-0.25, -0.2) is 0 Å². The largest absolute Gasteiger partial charge is 0.573 e. The fourth-order valence-corrected chi connectivity index (χ4v) is 5.11. The molecule has 0 radical (unpaired) electrons. The highest BCUT2D eigenvalue weighted by Gasteiger charge is 2.36. The van der Waals surface area contributed by atoms with Gasteiger partial charge in [0.15, 0.2) is 0 Å². The number of nitrogens with zero attached hydrogens (tertiary/aromatic N) is 3. The molecule has 12 heteroatoms. The maximum Gasteiger partial charge on any atom is 0.573 e. The van der Waals surface area contributed by atoms with Crippen molar-refractivity contribution in [3.63, 3.8) is 0 Å². The molecule has 2 atom stereocenters. The van der Waals surface area contributed by atoms with Crippen molar-refractivity contribution in [2.45, 2.75) is 25.2 Å². The van der Waals surface area contributed by atoms with E-state index in [1.807, 2.05) is 11.0 Å². The Labute approximate surface area is 208 Å². The van der Waals surface area contributed by atoms with Gasteiger partial charge in [0.25, 0.3) is 17.2 Å². The van der Waals surface area contributed by atoms with Gasteiger partial charge in [-0.2, -0.15) is 0 Å². The van der Waals surface area contributed by atoms with Gasteiger partial charge < -0.3 is 19.5 Å². The van der Waals surface area contributed by atoms with Gasteiger partial charge in [0, 0.05) is 54.6 Å². The summed E-state index contributed by atoms with van der Waals surface area (Å²) < 4.78 is 42.6. The van der Waals surface area contributed by atoms with Gasteiger partial charge in [-0.1, -0.05) is 6.07 Å². The van der Waals surface area contributed by atoms with Crippen molar-refractivity contribution in [2.75, 3.05) is 23.3 Å². The number of rotatable bonds is 5. The summed E-state index contributed by atoms with van der Waals surface area (Å²) in [5.74, 6) is -0.890. The molecule has 1 N–H and O–H groups in total. The van der Waals surface area contributed by atoms with Crippen LogP contribution in [0.1, 0.15) is 28.4 Å². The third-order valence-electron chi connectivity index (χ3n) is 6.60. The second-order valence-corrected chi connectivity index (χ2v) is 9.09. The van der Waals surface area contributed by atoms with Crippen LogP contribution < -0.4 is 20.5 Å². The lowest BCUT2D eigenvalue weighted by Gasteiger charge is -2.43. The zero-order valence-electron chi connectivity index (χ0n) is 19.3. The number of ether oxygens (including phenoxy) is 1. The number of pyridine rings is 1. The molecule has 2 aliphatic rings. The molecule has 2 aliphatic heterocycles. The van der Waals surface area contributed by atoms with Crippen molar-refractivity contribution in [1.82, 2.24) is 4.57 Å². The molecular weight excluding hydrogens is 493 g/mol. The molecule has 5 rings (SSSR count). The first-order valence-electron chi connectivity index (χ1n) is 11.5. The Morgan fingerprint density at radius 3 is 2.51 bits per heavy atom. The van der Waals surface area contributed by atoms with Gasteiger partial charge in [-0.15, -0.1) is 13.2 Å². The summed E-state index contributed by atoms with van der Waals surface area (Å²) in [4.78, 5) is 38.3. The molecule has 1 fully saturated rings. The molecule has 1 amide bonds. The second kappa shape index (κ2) is 9.26. The lowest BCUT2D eigenvalue weighted by Crippen LogP contribution is -2.47. The third-order valence-corrected chi connectivity index (χ3v) is 6.60. The standard InChI is InChI=1S/C25H21F3N4O5/c26-25(27,28)37-19-7-5-18(6-8-19)29-24(34)16-4-9-21(22(11-16)32(35)36)30-12-15-10-17(14-30)20-2-1-3-23(33)31(20)13-15/h1-9,11,15,17H,10,12-14H2,(H,29,34)/t15-,17+/m1/s1. The van der Waals surface area contributed by atoms with Gasteiger partial charge in [0.05, 0.1) is 4.92 Å². The number of aromatic nitrogens is 1. The number of hydrogen-bond acceptors (Lipinski definition) is 6. The van der Waals surface area contributed by atoms with E-state index in [0.29, 0.717) is 25.3 Å². The summed E-state index contributed by atoms with van der Waals surface area (Å²) in [6.07, 6.45) is -3.94. The van der Waals surface area contributed by atoms with Gasteiger partial charge in [-0.05, 0) is 54.8 Å². The highest BCUT2D eigenvalue weighted by atomic mass is 19.4. The van der Waals surface area contributed by atoms with Gasteiger partial charge >= 0.3 is 6.36 Å². The number of piperidine rings is 1. The van der Waals surface area contributed by atoms with Crippen molar-refractivity contribution in [3.05, 3.63) is 92.4 Å². The molecule has 37 heavy (non-hydrogen) atoms. The summed E-state index contributed by atoms with van der Waals surface area (Å²) in [7, 11) is 0.